The molecule has 29 heavy (non-hydrogen) atoms. The number of carbonyl (C=O) groups excluding carboxylic acids is 2. The summed E-state index contributed by atoms with van der Waals surface area (Å²) in [7, 11) is 0. The third-order valence-electron chi connectivity index (χ3n) is 5.25. The molecule has 1 aromatic rings. The molecular weight excluding hydrogens is 374 g/mol. The van der Waals surface area contributed by atoms with E-state index in [0.29, 0.717) is 25.3 Å². The Hall–Kier alpha value is -3.03. The van der Waals surface area contributed by atoms with Gasteiger partial charge in [0.25, 0.3) is 0 Å². The molecular formula is C20H25N5O4. The first-order valence-electron chi connectivity index (χ1n) is 9.77. The van der Waals surface area contributed by atoms with Crippen LogP contribution < -0.4 is 0 Å². The van der Waals surface area contributed by atoms with Crippen molar-refractivity contribution in [3.8, 4) is 0 Å². The zero-order valence-electron chi connectivity index (χ0n) is 16.7. The van der Waals surface area contributed by atoms with Crippen molar-refractivity contribution in [3.63, 3.8) is 0 Å². The molecule has 2 aliphatic heterocycles. The number of hydrogen-bond acceptors (Lipinski definition) is 6. The fourth-order valence-corrected chi connectivity index (χ4v) is 3.58. The predicted octanol–water partition coefficient (Wildman–Crippen LogP) is 2.59. The Morgan fingerprint density at radius 2 is 2.03 bits per heavy atom. The zero-order chi connectivity index (χ0) is 20.8. The lowest BCUT2D eigenvalue weighted by atomic mass is 9.96. The summed E-state index contributed by atoms with van der Waals surface area (Å²) >= 11 is 0. The molecule has 0 bridgehead atoms. The minimum Gasteiger partial charge on any atom is -0.494 e. The number of hydrogen-bond donors (Lipinski definition) is 0. The van der Waals surface area contributed by atoms with Crippen LogP contribution in [-0.2, 0) is 25.7 Å². The topological polar surface area (TPSA) is 108 Å². The first-order valence-corrected chi connectivity index (χ1v) is 9.77. The van der Waals surface area contributed by atoms with Gasteiger partial charge in [-0.15, -0.1) is 0 Å². The van der Waals surface area contributed by atoms with Crippen LogP contribution in [0.2, 0.25) is 0 Å². The molecule has 0 aliphatic carbocycles. The molecule has 2 heterocycles. The third-order valence-corrected chi connectivity index (χ3v) is 5.25. The maximum atomic E-state index is 12.8. The van der Waals surface area contributed by atoms with Gasteiger partial charge in [-0.1, -0.05) is 49.3 Å². The van der Waals surface area contributed by atoms with Crippen LogP contribution in [0.4, 0.5) is 0 Å². The van der Waals surface area contributed by atoms with Gasteiger partial charge in [0, 0.05) is 17.9 Å². The van der Waals surface area contributed by atoms with Crippen LogP contribution in [0.15, 0.2) is 46.9 Å². The molecule has 9 nitrogen and oxygen atoms in total. The summed E-state index contributed by atoms with van der Waals surface area (Å²) in [5.74, 6) is -0.590. The number of ether oxygens (including phenoxy) is 2. The normalized spacial score (nSPS) is 20.2. The van der Waals surface area contributed by atoms with Crippen molar-refractivity contribution >= 4 is 11.9 Å². The quantitative estimate of drug-likeness (QED) is 0.198. The fraction of sp³-hybridized carbons (Fsp3) is 0.500. The number of benzene rings is 1. The van der Waals surface area contributed by atoms with Crippen molar-refractivity contribution in [2.75, 3.05) is 26.2 Å². The molecule has 0 radical (unpaired) electrons. The van der Waals surface area contributed by atoms with Crippen LogP contribution in [0.25, 0.3) is 10.4 Å². The molecule has 9 heteroatoms. The molecule has 0 saturated carbocycles. The molecule has 2 atom stereocenters. The van der Waals surface area contributed by atoms with Gasteiger partial charge in [-0.05, 0) is 24.2 Å². The van der Waals surface area contributed by atoms with Gasteiger partial charge in [0.2, 0.25) is 5.91 Å². The third kappa shape index (κ3) is 4.36. The van der Waals surface area contributed by atoms with Crippen LogP contribution in [0, 0.1) is 0 Å². The van der Waals surface area contributed by atoms with Crippen LogP contribution in [0.3, 0.4) is 0 Å². The van der Waals surface area contributed by atoms with Crippen molar-refractivity contribution in [2.24, 2.45) is 5.11 Å². The second-order valence-corrected chi connectivity index (χ2v) is 6.84. The molecule has 154 valence electrons. The Kier molecular flexibility index (Phi) is 6.74. The zero-order valence-corrected chi connectivity index (χ0v) is 16.7. The fourth-order valence-electron chi connectivity index (χ4n) is 3.58. The van der Waals surface area contributed by atoms with E-state index < -0.39 is 17.9 Å². The summed E-state index contributed by atoms with van der Waals surface area (Å²) in [5, 5.41) is 3.56. The Morgan fingerprint density at radius 1 is 1.31 bits per heavy atom. The molecule has 1 fully saturated rings. The van der Waals surface area contributed by atoms with E-state index >= 15 is 0 Å². The largest absolute Gasteiger partial charge is 0.494 e. The van der Waals surface area contributed by atoms with Gasteiger partial charge in [0.1, 0.15) is 25.0 Å². The smallest absolute Gasteiger partial charge is 0.358 e. The van der Waals surface area contributed by atoms with Gasteiger partial charge >= 0.3 is 5.97 Å². The van der Waals surface area contributed by atoms with Gasteiger partial charge in [0.05, 0.1) is 6.04 Å². The van der Waals surface area contributed by atoms with Crippen LogP contribution in [0.1, 0.15) is 25.8 Å². The summed E-state index contributed by atoms with van der Waals surface area (Å²) in [6, 6.07) is 8.12. The summed E-state index contributed by atoms with van der Waals surface area (Å²) in [6.45, 7) is 7.14. The Bertz CT molecular complexity index is 831. The standard InChI is InChI=1S/C20H25N5O4/c1-3-24(4-2)10-11-28-16-12-15-17(22-23-21)19(26)25(15)18(16)20(27)29-13-14-8-6-5-7-9-14/h5-9,15,17H,3-4,10-13H2,1-2H3. The lowest BCUT2D eigenvalue weighted by Crippen LogP contribution is -2.61. The van der Waals surface area contributed by atoms with Crippen LogP contribution in [-0.4, -0.2) is 60.0 Å². The average Bonchev–Trinajstić information content (AvgIpc) is 3.09. The van der Waals surface area contributed by atoms with E-state index in [2.05, 4.69) is 28.8 Å². The van der Waals surface area contributed by atoms with E-state index in [9.17, 15) is 9.59 Å². The number of esters is 1. The van der Waals surface area contributed by atoms with E-state index in [0.717, 1.165) is 18.7 Å². The number of azide groups is 1. The van der Waals surface area contributed by atoms with Crippen molar-refractivity contribution in [3.05, 3.63) is 57.8 Å². The van der Waals surface area contributed by atoms with Gasteiger partial charge in [-0.25, -0.2) is 4.79 Å². The molecule has 0 aromatic heterocycles. The molecule has 1 aromatic carbocycles. The number of β-lactam (4-membered cyclic amide) rings is 1. The highest BCUT2D eigenvalue weighted by molar-refractivity contribution is 6.01. The molecule has 2 aliphatic rings. The van der Waals surface area contributed by atoms with E-state index in [1.54, 1.807) is 0 Å². The summed E-state index contributed by atoms with van der Waals surface area (Å²) in [4.78, 5) is 31.5. The van der Waals surface area contributed by atoms with Crippen molar-refractivity contribution in [2.45, 2.75) is 39.0 Å². The highest BCUT2D eigenvalue weighted by Gasteiger charge is 2.56. The Labute approximate surface area is 169 Å². The molecule has 0 N–H and O–H groups in total. The van der Waals surface area contributed by atoms with Crippen LogP contribution in [0.5, 0.6) is 0 Å². The minimum atomic E-state index is -0.805. The molecule has 0 spiro atoms. The molecule has 1 amide bonds. The van der Waals surface area contributed by atoms with E-state index in [1.807, 2.05) is 30.3 Å². The van der Waals surface area contributed by atoms with Gasteiger partial charge in [0.15, 0.2) is 5.70 Å². The molecule has 2 unspecified atom stereocenters. The van der Waals surface area contributed by atoms with Crippen molar-refractivity contribution in [1.82, 2.24) is 9.80 Å². The van der Waals surface area contributed by atoms with Gasteiger partial charge in [-0.2, -0.15) is 0 Å². The van der Waals surface area contributed by atoms with E-state index in [1.165, 1.54) is 4.90 Å². The second-order valence-electron chi connectivity index (χ2n) is 6.84. The van der Waals surface area contributed by atoms with Crippen molar-refractivity contribution in [1.29, 1.82) is 0 Å². The minimum absolute atomic E-state index is 0.0996. The summed E-state index contributed by atoms with van der Waals surface area (Å²) < 4.78 is 11.3. The first-order chi connectivity index (χ1) is 14.1. The van der Waals surface area contributed by atoms with Gasteiger partial charge < -0.3 is 14.4 Å². The van der Waals surface area contributed by atoms with Gasteiger partial charge in [-0.3, -0.25) is 9.69 Å². The maximum Gasteiger partial charge on any atom is 0.358 e. The lowest BCUT2D eigenvalue weighted by molar-refractivity contribution is -0.152. The Morgan fingerprint density at radius 3 is 2.69 bits per heavy atom. The Balaban J connectivity index is 1.72. The highest BCUT2D eigenvalue weighted by atomic mass is 16.5. The second kappa shape index (κ2) is 9.45. The predicted molar refractivity (Wildman–Crippen MR) is 105 cm³/mol. The van der Waals surface area contributed by atoms with E-state index in [-0.39, 0.29) is 18.3 Å². The SMILES string of the molecule is CCN(CC)CCOC1=C(C(=O)OCc2ccccc2)N2C(=O)C(N=[N+]=[N-])C2C1. The van der Waals surface area contributed by atoms with Crippen LogP contribution >= 0.6 is 0 Å². The lowest BCUT2D eigenvalue weighted by Gasteiger charge is -2.40. The first kappa shape index (κ1) is 20.7. The summed E-state index contributed by atoms with van der Waals surface area (Å²) in [6.07, 6.45) is 0.337. The number of amides is 1. The highest BCUT2D eigenvalue weighted by Crippen LogP contribution is 2.41. The molecule has 1 saturated heterocycles. The molecule has 3 rings (SSSR count). The number of nitrogens with zero attached hydrogens (tertiary/aromatic N) is 5. The van der Waals surface area contributed by atoms with E-state index in [4.69, 9.17) is 15.0 Å². The number of likely N-dealkylation sites (N-methyl/N-ethyl adjacent to an activating group) is 1. The number of carbonyl (C=O) groups is 2. The summed E-state index contributed by atoms with van der Waals surface area (Å²) in [5.41, 5.74) is 9.67. The van der Waals surface area contributed by atoms with Crippen molar-refractivity contribution < 1.29 is 19.1 Å². The number of fused-ring (bicyclic) bond motifs is 1. The monoisotopic (exact) mass is 399 g/mol. The number of rotatable bonds is 10. The maximum absolute atomic E-state index is 12.8. The average molecular weight is 399 g/mol.